The number of urea groups is 1. The van der Waals surface area contributed by atoms with Crippen LogP contribution in [0.15, 0.2) is 53.1 Å². The zero-order valence-corrected chi connectivity index (χ0v) is 17.3. The van der Waals surface area contributed by atoms with Gasteiger partial charge in [-0.3, -0.25) is 4.79 Å². The van der Waals surface area contributed by atoms with Gasteiger partial charge in [-0.1, -0.05) is 28.9 Å². The fraction of sp³-hybridized carbons (Fsp3) is 0.273. The Bertz CT molecular complexity index is 1080. The van der Waals surface area contributed by atoms with Crippen LogP contribution in [0.1, 0.15) is 37.5 Å². The molecule has 0 spiro atoms. The highest BCUT2D eigenvalue weighted by Gasteiger charge is 2.29. The van der Waals surface area contributed by atoms with E-state index < -0.39 is 12.0 Å². The summed E-state index contributed by atoms with van der Waals surface area (Å²) in [6.45, 7) is 0. The van der Waals surface area contributed by atoms with Crippen LogP contribution in [0.4, 0.5) is 16.2 Å². The monoisotopic (exact) mass is 440 g/mol. The molecule has 2 aromatic carbocycles. The summed E-state index contributed by atoms with van der Waals surface area (Å²) in [4.78, 5) is 27.8. The number of benzene rings is 2. The Morgan fingerprint density at radius 2 is 1.71 bits per heavy atom. The maximum absolute atomic E-state index is 12.2. The summed E-state index contributed by atoms with van der Waals surface area (Å²) in [6.07, 6.45) is 2.69. The molecule has 4 rings (SSSR count). The van der Waals surface area contributed by atoms with E-state index in [0.717, 1.165) is 18.4 Å². The lowest BCUT2D eigenvalue weighted by molar-refractivity contribution is -0.142. The van der Waals surface area contributed by atoms with Crippen molar-refractivity contribution in [2.75, 3.05) is 10.6 Å². The Morgan fingerprint density at radius 1 is 1.00 bits per heavy atom. The standard InChI is InChI=1S/C22H21ClN4O4/c23-17-3-1-2-4-18(17)25-22(30)24-16-11-9-13(10-12-16)19-26-20(31-27-19)14-5-7-15(8-6-14)21(28)29/h1-4,9-12,14-15H,5-8H2,(H,28,29)(H2,24,25,30). The topological polar surface area (TPSA) is 117 Å². The third kappa shape index (κ3) is 5.03. The van der Waals surface area contributed by atoms with Gasteiger partial charge in [0.25, 0.3) is 0 Å². The summed E-state index contributed by atoms with van der Waals surface area (Å²) in [6, 6.07) is 13.7. The van der Waals surface area contributed by atoms with Crippen LogP contribution in [0.5, 0.6) is 0 Å². The van der Waals surface area contributed by atoms with Crippen molar-refractivity contribution in [1.82, 2.24) is 10.1 Å². The van der Waals surface area contributed by atoms with Crippen molar-refractivity contribution in [2.45, 2.75) is 31.6 Å². The van der Waals surface area contributed by atoms with Gasteiger partial charge in [0.15, 0.2) is 0 Å². The van der Waals surface area contributed by atoms with Gasteiger partial charge in [-0.05, 0) is 62.1 Å². The minimum atomic E-state index is -0.737. The first kappa shape index (κ1) is 20.9. The van der Waals surface area contributed by atoms with Gasteiger partial charge in [0.1, 0.15) is 0 Å². The predicted molar refractivity (Wildman–Crippen MR) is 116 cm³/mol. The molecule has 1 aromatic heterocycles. The largest absolute Gasteiger partial charge is 0.481 e. The first-order chi connectivity index (χ1) is 15.0. The summed E-state index contributed by atoms with van der Waals surface area (Å²) in [5.41, 5.74) is 1.88. The average Bonchev–Trinajstić information content (AvgIpc) is 3.26. The Hall–Kier alpha value is -3.39. The summed E-state index contributed by atoms with van der Waals surface area (Å²) >= 11 is 6.05. The maximum atomic E-state index is 12.2. The van der Waals surface area contributed by atoms with Crippen molar-refractivity contribution in [3.8, 4) is 11.4 Å². The highest BCUT2D eigenvalue weighted by Crippen LogP contribution is 2.35. The number of carbonyl (C=O) groups excluding carboxylic acids is 1. The fourth-order valence-electron chi connectivity index (χ4n) is 3.66. The molecule has 9 heteroatoms. The first-order valence-electron chi connectivity index (χ1n) is 9.99. The SMILES string of the molecule is O=C(Nc1ccc(-c2noc(C3CCC(C(=O)O)CC3)n2)cc1)Nc1ccccc1Cl. The van der Waals surface area contributed by atoms with Gasteiger partial charge in [0.2, 0.25) is 11.7 Å². The highest BCUT2D eigenvalue weighted by atomic mass is 35.5. The van der Waals surface area contributed by atoms with Crippen LogP contribution in [-0.4, -0.2) is 27.2 Å². The van der Waals surface area contributed by atoms with Crippen LogP contribution < -0.4 is 10.6 Å². The van der Waals surface area contributed by atoms with Gasteiger partial charge in [-0.15, -0.1) is 0 Å². The van der Waals surface area contributed by atoms with Crippen molar-refractivity contribution < 1.29 is 19.2 Å². The number of aromatic nitrogens is 2. The second-order valence-corrected chi connectivity index (χ2v) is 7.89. The molecule has 3 N–H and O–H groups in total. The molecule has 1 fully saturated rings. The second-order valence-electron chi connectivity index (χ2n) is 7.48. The normalized spacial score (nSPS) is 18.4. The van der Waals surface area contributed by atoms with E-state index in [1.807, 2.05) is 0 Å². The lowest BCUT2D eigenvalue weighted by Gasteiger charge is -2.23. The third-order valence-electron chi connectivity index (χ3n) is 5.39. The number of hydrogen-bond donors (Lipinski definition) is 3. The molecule has 0 saturated heterocycles. The van der Waals surface area contributed by atoms with Crippen LogP contribution in [0.3, 0.4) is 0 Å². The number of rotatable bonds is 5. The number of carbonyl (C=O) groups is 2. The van der Waals surface area contributed by atoms with Crippen molar-refractivity contribution in [3.05, 3.63) is 59.4 Å². The number of halogens is 1. The van der Waals surface area contributed by atoms with E-state index in [1.165, 1.54) is 0 Å². The van der Waals surface area contributed by atoms with E-state index in [9.17, 15) is 9.59 Å². The smallest absolute Gasteiger partial charge is 0.323 e. The van der Waals surface area contributed by atoms with Crippen LogP contribution in [-0.2, 0) is 4.79 Å². The lowest BCUT2D eigenvalue weighted by Crippen LogP contribution is -2.20. The van der Waals surface area contributed by atoms with E-state index in [2.05, 4.69) is 20.8 Å². The molecule has 0 unspecified atom stereocenters. The van der Waals surface area contributed by atoms with E-state index in [4.69, 9.17) is 21.2 Å². The van der Waals surface area contributed by atoms with Crippen molar-refractivity contribution >= 4 is 35.0 Å². The molecule has 0 bridgehead atoms. The number of aliphatic carboxylic acids is 1. The Balaban J connectivity index is 1.36. The average molecular weight is 441 g/mol. The first-order valence-corrected chi connectivity index (χ1v) is 10.4. The van der Waals surface area contributed by atoms with Gasteiger partial charge in [-0.25, -0.2) is 4.79 Å². The number of hydrogen-bond acceptors (Lipinski definition) is 5. The van der Waals surface area contributed by atoms with Gasteiger partial charge < -0.3 is 20.3 Å². The van der Waals surface area contributed by atoms with Crippen molar-refractivity contribution in [3.63, 3.8) is 0 Å². The highest BCUT2D eigenvalue weighted by molar-refractivity contribution is 6.33. The molecule has 3 aromatic rings. The quantitative estimate of drug-likeness (QED) is 0.489. The number of nitrogens with one attached hydrogen (secondary N) is 2. The van der Waals surface area contributed by atoms with Crippen molar-refractivity contribution in [1.29, 1.82) is 0 Å². The number of amides is 2. The zero-order valence-electron chi connectivity index (χ0n) is 16.5. The molecule has 1 aliphatic rings. The van der Waals surface area contributed by atoms with Gasteiger partial charge in [0.05, 0.1) is 16.6 Å². The molecular weight excluding hydrogens is 420 g/mol. The molecule has 2 amide bonds. The molecule has 0 radical (unpaired) electrons. The molecule has 160 valence electrons. The molecule has 1 aliphatic carbocycles. The number of carboxylic acids is 1. The number of anilines is 2. The van der Waals surface area contributed by atoms with Gasteiger partial charge >= 0.3 is 12.0 Å². The fourth-order valence-corrected chi connectivity index (χ4v) is 3.84. The minimum absolute atomic E-state index is 0.0892. The summed E-state index contributed by atoms with van der Waals surface area (Å²) < 4.78 is 5.43. The third-order valence-corrected chi connectivity index (χ3v) is 5.72. The van der Waals surface area contributed by atoms with Crippen LogP contribution in [0.25, 0.3) is 11.4 Å². The molecule has 31 heavy (non-hydrogen) atoms. The molecule has 8 nitrogen and oxygen atoms in total. The minimum Gasteiger partial charge on any atom is -0.481 e. The van der Waals surface area contributed by atoms with Gasteiger partial charge in [-0.2, -0.15) is 4.98 Å². The molecule has 0 aliphatic heterocycles. The van der Waals surface area contributed by atoms with Gasteiger partial charge in [0, 0.05) is 17.2 Å². The van der Waals surface area contributed by atoms with E-state index in [0.29, 0.717) is 41.0 Å². The van der Waals surface area contributed by atoms with E-state index in [-0.39, 0.29) is 11.8 Å². The number of para-hydroxylation sites is 1. The van der Waals surface area contributed by atoms with Crippen LogP contribution in [0.2, 0.25) is 5.02 Å². The molecule has 1 saturated carbocycles. The predicted octanol–water partition coefficient (Wildman–Crippen LogP) is 5.39. The van der Waals surface area contributed by atoms with Crippen LogP contribution in [0, 0.1) is 5.92 Å². The van der Waals surface area contributed by atoms with E-state index in [1.54, 1.807) is 48.5 Å². The summed E-state index contributed by atoms with van der Waals surface area (Å²) in [7, 11) is 0. The Morgan fingerprint density at radius 3 is 2.39 bits per heavy atom. The molecular formula is C22H21ClN4O4. The lowest BCUT2D eigenvalue weighted by atomic mass is 9.82. The number of carboxylic acid groups (broad SMARTS) is 1. The summed E-state index contributed by atoms with van der Waals surface area (Å²) in [5.74, 6) is 0.0709. The molecule has 0 atom stereocenters. The second kappa shape index (κ2) is 9.18. The number of nitrogens with zero attached hydrogens (tertiary/aromatic N) is 2. The maximum Gasteiger partial charge on any atom is 0.323 e. The Kier molecular flexibility index (Phi) is 6.18. The Labute approximate surface area is 183 Å². The zero-order chi connectivity index (χ0) is 21.8. The van der Waals surface area contributed by atoms with E-state index >= 15 is 0 Å². The van der Waals surface area contributed by atoms with Crippen LogP contribution >= 0.6 is 11.6 Å². The van der Waals surface area contributed by atoms with Crippen molar-refractivity contribution in [2.24, 2.45) is 5.92 Å². The molecule has 1 heterocycles. The summed E-state index contributed by atoms with van der Waals surface area (Å²) in [5, 5.41) is 19.1.